The Kier molecular flexibility index (Phi) is 4.92. The molecule has 0 unspecified atom stereocenters. The van der Waals surface area contributed by atoms with Crippen molar-refractivity contribution in [2.75, 3.05) is 26.5 Å². The minimum Gasteiger partial charge on any atom is -0.495 e. The summed E-state index contributed by atoms with van der Waals surface area (Å²) in [6, 6.07) is 10.8. The molecule has 0 aliphatic carbocycles. The van der Waals surface area contributed by atoms with Crippen molar-refractivity contribution in [2.24, 2.45) is 0 Å². The molecule has 0 fully saturated rings. The van der Waals surface area contributed by atoms with Gasteiger partial charge in [-0.15, -0.1) is 0 Å². The summed E-state index contributed by atoms with van der Waals surface area (Å²) in [5, 5.41) is 3.29. The smallest absolute Gasteiger partial charge is 0.276 e. The topological polar surface area (TPSA) is 58.9 Å². The highest BCUT2D eigenvalue weighted by atomic mass is 35.5. The first kappa shape index (κ1) is 17.3. The zero-order chi connectivity index (χ0) is 18.0. The van der Waals surface area contributed by atoms with Gasteiger partial charge < -0.3 is 19.4 Å². The molecule has 6 nitrogen and oxygen atoms in total. The minimum absolute atomic E-state index is 0.276. The molecule has 3 rings (SSSR count). The van der Waals surface area contributed by atoms with E-state index in [9.17, 15) is 4.79 Å². The Hall–Kier alpha value is -2.57. The Morgan fingerprint density at radius 2 is 2.12 bits per heavy atom. The number of nitrogens with zero attached hydrogens (tertiary/aromatic N) is 3. The third kappa shape index (κ3) is 3.60. The zero-order valence-electron chi connectivity index (χ0n) is 14.3. The third-order valence-corrected chi connectivity index (χ3v) is 4.01. The average molecular weight is 359 g/mol. The summed E-state index contributed by atoms with van der Waals surface area (Å²) >= 11 is 6.12. The molecule has 0 aliphatic rings. The molecule has 0 saturated heterocycles. The number of hydrogen-bond acceptors (Lipinski definition) is 4. The van der Waals surface area contributed by atoms with E-state index in [-0.39, 0.29) is 5.91 Å². The van der Waals surface area contributed by atoms with Crippen molar-refractivity contribution in [2.45, 2.75) is 6.54 Å². The minimum atomic E-state index is -0.276. The number of carbonyl (C=O) groups is 1. The number of fused-ring (bicyclic) bond motifs is 1. The van der Waals surface area contributed by atoms with E-state index in [0.717, 1.165) is 11.3 Å². The number of ether oxygens (including phenoxy) is 1. The van der Waals surface area contributed by atoms with E-state index in [1.54, 1.807) is 25.3 Å². The van der Waals surface area contributed by atoms with E-state index in [0.29, 0.717) is 28.7 Å². The summed E-state index contributed by atoms with van der Waals surface area (Å²) in [6.45, 7) is 0.595. The summed E-state index contributed by atoms with van der Waals surface area (Å²) < 4.78 is 7.05. The fourth-order valence-corrected chi connectivity index (χ4v) is 2.87. The van der Waals surface area contributed by atoms with Crippen molar-refractivity contribution < 1.29 is 9.53 Å². The van der Waals surface area contributed by atoms with Gasteiger partial charge in [-0.3, -0.25) is 4.79 Å². The van der Waals surface area contributed by atoms with Gasteiger partial charge >= 0.3 is 0 Å². The number of rotatable bonds is 5. The van der Waals surface area contributed by atoms with Crippen molar-refractivity contribution in [3.8, 4) is 5.75 Å². The highest BCUT2D eigenvalue weighted by molar-refractivity contribution is 6.32. The number of hydrogen-bond donors (Lipinski definition) is 1. The summed E-state index contributed by atoms with van der Waals surface area (Å²) in [7, 11) is 5.45. The number of methoxy groups -OCH3 is 1. The Labute approximate surface area is 151 Å². The molecule has 1 aromatic carbocycles. The quantitative estimate of drug-likeness (QED) is 0.760. The second kappa shape index (κ2) is 7.13. The standard InChI is InChI=1S/C18H19ClN4O2/c1-22(2)11-14-17(21-16-6-4-5-9-23(14)16)18(24)20-12-7-8-15(25-3)13(19)10-12/h4-10H,11H2,1-3H3,(H,20,24). The van der Waals surface area contributed by atoms with Gasteiger partial charge in [-0.1, -0.05) is 17.7 Å². The lowest BCUT2D eigenvalue weighted by Crippen LogP contribution is -2.19. The van der Waals surface area contributed by atoms with Gasteiger partial charge in [0.15, 0.2) is 5.69 Å². The maximum absolute atomic E-state index is 12.8. The number of aromatic nitrogens is 2. The molecular formula is C18H19ClN4O2. The lowest BCUT2D eigenvalue weighted by Gasteiger charge is -2.12. The summed E-state index contributed by atoms with van der Waals surface area (Å²) in [5.41, 5.74) is 2.55. The van der Waals surface area contributed by atoms with E-state index in [2.05, 4.69) is 10.3 Å². The van der Waals surface area contributed by atoms with E-state index in [1.807, 2.05) is 47.8 Å². The number of benzene rings is 1. The van der Waals surface area contributed by atoms with Crippen LogP contribution in [0.15, 0.2) is 42.6 Å². The molecular weight excluding hydrogens is 340 g/mol. The molecule has 7 heteroatoms. The Bertz CT molecular complexity index is 921. The first-order valence-corrected chi connectivity index (χ1v) is 8.13. The molecule has 0 saturated carbocycles. The third-order valence-electron chi connectivity index (χ3n) is 3.72. The summed E-state index contributed by atoms with van der Waals surface area (Å²) in [5.74, 6) is 0.280. The summed E-state index contributed by atoms with van der Waals surface area (Å²) in [4.78, 5) is 19.3. The van der Waals surface area contributed by atoms with Crippen molar-refractivity contribution in [3.05, 3.63) is 59.0 Å². The Morgan fingerprint density at radius 3 is 2.80 bits per heavy atom. The molecule has 0 aliphatic heterocycles. The van der Waals surface area contributed by atoms with Crippen LogP contribution in [0.5, 0.6) is 5.75 Å². The highest BCUT2D eigenvalue weighted by Crippen LogP contribution is 2.27. The number of amides is 1. The van der Waals surface area contributed by atoms with Gasteiger partial charge in [-0.05, 0) is 44.4 Å². The molecule has 1 amide bonds. The van der Waals surface area contributed by atoms with Crippen molar-refractivity contribution in [1.82, 2.24) is 14.3 Å². The Morgan fingerprint density at radius 1 is 1.32 bits per heavy atom. The van der Waals surface area contributed by atoms with Gasteiger partial charge in [-0.25, -0.2) is 4.98 Å². The van der Waals surface area contributed by atoms with Crippen LogP contribution in [0.4, 0.5) is 5.69 Å². The monoisotopic (exact) mass is 358 g/mol. The number of carbonyl (C=O) groups excluding carboxylic acids is 1. The number of halogens is 1. The molecule has 1 N–H and O–H groups in total. The molecule has 130 valence electrons. The van der Waals surface area contributed by atoms with Crippen LogP contribution in [0.1, 0.15) is 16.2 Å². The second-order valence-corrected chi connectivity index (χ2v) is 6.28. The molecule has 2 heterocycles. The van der Waals surface area contributed by atoms with Gasteiger partial charge in [0.25, 0.3) is 5.91 Å². The average Bonchev–Trinajstić information content (AvgIpc) is 2.93. The zero-order valence-corrected chi connectivity index (χ0v) is 15.0. The van der Waals surface area contributed by atoms with Crippen LogP contribution in [-0.4, -0.2) is 41.4 Å². The van der Waals surface area contributed by atoms with Gasteiger partial charge in [0.2, 0.25) is 0 Å². The molecule has 25 heavy (non-hydrogen) atoms. The fourth-order valence-electron chi connectivity index (χ4n) is 2.61. The van der Waals surface area contributed by atoms with Gasteiger partial charge in [0.05, 0.1) is 17.8 Å². The molecule has 0 spiro atoms. The van der Waals surface area contributed by atoms with Crippen LogP contribution < -0.4 is 10.1 Å². The maximum Gasteiger partial charge on any atom is 0.276 e. The SMILES string of the molecule is COc1ccc(NC(=O)c2nc3ccccn3c2CN(C)C)cc1Cl. The normalized spacial score (nSPS) is 11.1. The maximum atomic E-state index is 12.8. The van der Waals surface area contributed by atoms with Crippen LogP contribution in [0.3, 0.4) is 0 Å². The van der Waals surface area contributed by atoms with Crippen molar-refractivity contribution >= 4 is 28.8 Å². The molecule has 2 aromatic heterocycles. The van der Waals surface area contributed by atoms with E-state index in [1.165, 1.54) is 0 Å². The number of pyridine rings is 1. The lowest BCUT2D eigenvalue weighted by atomic mass is 10.2. The summed E-state index contributed by atoms with van der Waals surface area (Å²) in [6.07, 6.45) is 1.90. The predicted octanol–water partition coefficient (Wildman–Crippen LogP) is 3.31. The molecule has 3 aromatic rings. The number of nitrogens with one attached hydrogen (secondary N) is 1. The predicted molar refractivity (Wildman–Crippen MR) is 98.5 cm³/mol. The first-order chi connectivity index (χ1) is 12.0. The van der Waals surface area contributed by atoms with Crippen LogP contribution in [0.2, 0.25) is 5.02 Å². The molecule has 0 atom stereocenters. The van der Waals surface area contributed by atoms with Gasteiger partial charge in [0.1, 0.15) is 11.4 Å². The fraction of sp³-hybridized carbons (Fsp3) is 0.222. The largest absolute Gasteiger partial charge is 0.495 e. The molecule has 0 radical (unpaired) electrons. The van der Waals surface area contributed by atoms with Gasteiger partial charge in [0, 0.05) is 18.4 Å². The van der Waals surface area contributed by atoms with E-state index < -0.39 is 0 Å². The first-order valence-electron chi connectivity index (χ1n) is 7.75. The van der Waals surface area contributed by atoms with Gasteiger partial charge in [-0.2, -0.15) is 0 Å². The molecule has 0 bridgehead atoms. The number of imidazole rings is 1. The van der Waals surface area contributed by atoms with Crippen molar-refractivity contribution in [3.63, 3.8) is 0 Å². The van der Waals surface area contributed by atoms with Crippen LogP contribution in [-0.2, 0) is 6.54 Å². The van der Waals surface area contributed by atoms with Crippen LogP contribution >= 0.6 is 11.6 Å². The van der Waals surface area contributed by atoms with E-state index in [4.69, 9.17) is 16.3 Å². The van der Waals surface area contributed by atoms with E-state index >= 15 is 0 Å². The lowest BCUT2D eigenvalue weighted by molar-refractivity contribution is 0.102. The number of anilines is 1. The van der Waals surface area contributed by atoms with Crippen LogP contribution in [0, 0.1) is 0 Å². The highest BCUT2D eigenvalue weighted by Gasteiger charge is 2.19. The second-order valence-electron chi connectivity index (χ2n) is 5.88. The Balaban J connectivity index is 1.95. The van der Waals surface area contributed by atoms with Crippen molar-refractivity contribution in [1.29, 1.82) is 0 Å². The van der Waals surface area contributed by atoms with Crippen LogP contribution in [0.25, 0.3) is 5.65 Å².